The van der Waals surface area contributed by atoms with Crippen LogP contribution < -0.4 is 15.6 Å². The topological polar surface area (TPSA) is 87.9 Å². The van der Waals surface area contributed by atoms with Gasteiger partial charge in [0.2, 0.25) is 0 Å². The molecule has 2 N–H and O–H groups in total. The number of amidine groups is 2. The molecule has 11 heteroatoms. The van der Waals surface area contributed by atoms with E-state index >= 15 is 0 Å². The molecule has 0 aliphatic carbocycles. The van der Waals surface area contributed by atoms with E-state index in [9.17, 15) is 4.53 Å². The second kappa shape index (κ2) is 15.3. The summed E-state index contributed by atoms with van der Waals surface area (Å²) in [6.45, 7) is 5.21. The molecule has 4 rings (SSSR count). The Morgan fingerprint density at radius 1 is 0.974 bits per heavy atom. The van der Waals surface area contributed by atoms with Crippen molar-refractivity contribution in [3.05, 3.63) is 89.0 Å². The number of anilines is 1. The maximum atomic E-state index is 12.1. The van der Waals surface area contributed by atoms with E-state index in [4.69, 9.17) is 5.73 Å². The molecule has 1 heterocycles. The third-order valence-corrected chi connectivity index (χ3v) is 6.89. The average molecular weight is 557 g/mol. The van der Waals surface area contributed by atoms with Crippen LogP contribution >= 0.6 is 11.8 Å². The van der Waals surface area contributed by atoms with Gasteiger partial charge < -0.3 is 10.6 Å². The first-order valence-corrected chi connectivity index (χ1v) is 13.0. The Kier molecular flexibility index (Phi) is 12.2. The van der Waals surface area contributed by atoms with Crippen LogP contribution in [-0.2, 0) is 0 Å². The summed E-state index contributed by atoms with van der Waals surface area (Å²) in [7, 11) is 0. The normalized spacial score (nSPS) is 15.2. The van der Waals surface area contributed by atoms with E-state index in [0.29, 0.717) is 11.5 Å². The zero-order valence-electron chi connectivity index (χ0n) is 21.7. The van der Waals surface area contributed by atoms with Gasteiger partial charge in [-0.25, -0.2) is 9.98 Å². The molecule has 1 fully saturated rings. The first-order chi connectivity index (χ1) is 18.0. The molecule has 206 valence electrons. The molecule has 0 unspecified atom stereocenters. The molecule has 0 amide bonds. The third-order valence-electron chi connectivity index (χ3n) is 5.83. The van der Waals surface area contributed by atoms with Crippen LogP contribution in [0.5, 0.6) is 5.75 Å². The van der Waals surface area contributed by atoms with E-state index < -0.39 is 0 Å². The molecule has 1 aliphatic rings. The van der Waals surface area contributed by atoms with Crippen molar-refractivity contribution < 1.29 is 18.9 Å². The lowest BCUT2D eigenvalue weighted by atomic mass is 10.1. The molecule has 0 saturated carbocycles. The van der Waals surface area contributed by atoms with Crippen LogP contribution in [-0.4, -0.2) is 35.9 Å². The zero-order chi connectivity index (χ0) is 26.0. The molecule has 7 nitrogen and oxygen atoms in total. The number of rotatable bonds is 7. The van der Waals surface area contributed by atoms with Crippen LogP contribution in [0.15, 0.2) is 86.9 Å². The summed E-state index contributed by atoms with van der Waals surface area (Å²) >= 11 is 1.75. The number of nitrogens with two attached hydrogens (primary N) is 1. The van der Waals surface area contributed by atoms with Crippen molar-refractivity contribution in [3.63, 3.8) is 0 Å². The van der Waals surface area contributed by atoms with Gasteiger partial charge in [-0.2, -0.15) is 5.10 Å². The number of thioether (sulfide) groups is 1. The predicted molar refractivity (Wildman–Crippen MR) is 158 cm³/mol. The van der Waals surface area contributed by atoms with Crippen LogP contribution in [0.3, 0.4) is 0 Å². The first-order valence-electron chi connectivity index (χ1n) is 12.0. The van der Waals surface area contributed by atoms with E-state index in [1.165, 1.54) is 35.3 Å². The molecule has 3 aromatic rings. The van der Waals surface area contributed by atoms with Gasteiger partial charge in [0.25, 0.3) is 0 Å². The zero-order valence-corrected chi connectivity index (χ0v) is 22.5. The first kappa shape index (κ1) is 31.1. The van der Waals surface area contributed by atoms with E-state index in [2.05, 4.69) is 62.1 Å². The molecule has 0 radical (unpaired) electrons. The number of benzene rings is 3. The highest BCUT2D eigenvalue weighted by atomic mass is 32.2. The van der Waals surface area contributed by atoms with Crippen LogP contribution in [0, 0.1) is 13.8 Å². The highest BCUT2D eigenvalue weighted by Gasteiger charge is 2.20. The van der Waals surface area contributed by atoms with Gasteiger partial charge in [-0.05, 0) is 67.6 Å². The van der Waals surface area contributed by atoms with Crippen LogP contribution in [0.1, 0.15) is 35.1 Å². The summed E-state index contributed by atoms with van der Waals surface area (Å²) in [6.07, 6.45) is 5.38. The van der Waals surface area contributed by atoms with Gasteiger partial charge in [-0.1, -0.05) is 54.2 Å². The van der Waals surface area contributed by atoms with Crippen LogP contribution in [0.2, 0.25) is 0 Å². The van der Waals surface area contributed by atoms with Crippen molar-refractivity contribution in [2.24, 2.45) is 25.9 Å². The van der Waals surface area contributed by atoms with Gasteiger partial charge in [0.1, 0.15) is 12.2 Å². The fourth-order valence-electron chi connectivity index (χ4n) is 3.93. The van der Waals surface area contributed by atoms with Gasteiger partial charge in [0.15, 0.2) is 10.9 Å². The van der Waals surface area contributed by atoms with E-state index in [1.807, 2.05) is 24.3 Å². The Bertz CT molecular complexity index is 1310. The molecular formula is C28H31F3N6OS. The van der Waals surface area contributed by atoms with E-state index in [-0.39, 0.29) is 15.2 Å². The van der Waals surface area contributed by atoms with Gasteiger partial charge in [0.05, 0.1) is 11.9 Å². The number of hydrogen-bond donors (Lipinski definition) is 1. The minimum absolute atomic E-state index is 0. The maximum absolute atomic E-state index is 12.1. The molecule has 0 aromatic heterocycles. The van der Waals surface area contributed by atoms with Crippen molar-refractivity contribution in [2.75, 3.05) is 17.2 Å². The lowest BCUT2D eigenvalue weighted by Gasteiger charge is -2.26. The van der Waals surface area contributed by atoms with E-state index in [1.54, 1.807) is 30.1 Å². The third kappa shape index (κ3) is 8.44. The highest BCUT2D eigenvalue weighted by molar-refractivity contribution is 8.14. The number of nitrogens with zero attached hydrogens (tertiary/aromatic N) is 5. The predicted octanol–water partition coefficient (Wildman–Crippen LogP) is 6.66. The molecule has 39 heavy (non-hydrogen) atoms. The van der Waals surface area contributed by atoms with Crippen molar-refractivity contribution in [2.45, 2.75) is 26.7 Å². The van der Waals surface area contributed by atoms with Gasteiger partial charge >= 0.3 is 0 Å². The molecule has 1 aliphatic heterocycles. The fourth-order valence-corrected chi connectivity index (χ4v) is 4.91. The van der Waals surface area contributed by atoms with Crippen molar-refractivity contribution in [3.8, 4) is 5.75 Å². The van der Waals surface area contributed by atoms with Gasteiger partial charge in [-0.3, -0.25) is 14.4 Å². The maximum Gasteiger partial charge on any atom is 0.190 e. The SMILES string of the molecule is Cc1cccc(C)c1N1CCCCS/C1=N\N=C\c1ccc(C(N)=NC=Nc2ccc(OF)cc2)cc1.F.F. The van der Waals surface area contributed by atoms with Crippen molar-refractivity contribution in [1.29, 1.82) is 0 Å². The Morgan fingerprint density at radius 2 is 1.67 bits per heavy atom. The van der Waals surface area contributed by atoms with Crippen molar-refractivity contribution in [1.82, 2.24) is 0 Å². The van der Waals surface area contributed by atoms with Crippen LogP contribution in [0.4, 0.5) is 25.3 Å². The summed E-state index contributed by atoms with van der Waals surface area (Å²) in [6, 6.07) is 20.1. The second-order valence-electron chi connectivity index (χ2n) is 8.53. The largest absolute Gasteiger partial charge is 0.383 e. The van der Waals surface area contributed by atoms with Gasteiger partial charge in [-0.15, -0.1) is 5.10 Å². The fraction of sp³-hybridized carbons (Fsp3) is 0.214. The Labute approximate surface area is 230 Å². The summed E-state index contributed by atoms with van der Waals surface area (Å²) in [4.78, 5) is 14.3. The summed E-state index contributed by atoms with van der Waals surface area (Å²) in [5.41, 5.74) is 12.1. The van der Waals surface area contributed by atoms with Crippen LogP contribution in [0.25, 0.3) is 0 Å². The number of hydrogen-bond acceptors (Lipinski definition) is 5. The summed E-state index contributed by atoms with van der Waals surface area (Å²) < 4.78 is 12.1. The number of halogens is 3. The Balaban J connectivity index is 0.00000267. The molecule has 3 aromatic carbocycles. The number of para-hydroxylation sites is 1. The molecule has 0 bridgehead atoms. The second-order valence-corrected chi connectivity index (χ2v) is 9.59. The summed E-state index contributed by atoms with van der Waals surface area (Å²) in [5, 5.41) is 9.92. The van der Waals surface area contributed by atoms with Crippen molar-refractivity contribution >= 4 is 46.7 Å². The Hall–Kier alpha value is -4.12. The average Bonchev–Trinajstić information content (AvgIpc) is 3.15. The lowest BCUT2D eigenvalue weighted by molar-refractivity contribution is -0.00618. The highest BCUT2D eigenvalue weighted by Crippen LogP contribution is 2.30. The van der Waals surface area contributed by atoms with E-state index in [0.717, 1.165) is 41.4 Å². The standard InChI is InChI=1S/C28H29FN6OS.2FH/c1-20-6-5-7-21(2)26(20)35-16-3-4-17-37-28(35)34-33-18-22-8-10-23(11-9-22)27(30)32-19-31-24-12-14-25(36-29)15-13-24;;/h5-15,18-19H,3-4,16-17H2,1-2H3,(H2,30,31,32);2*1H/b33-18+,34-28-;;. The molecular weight excluding hydrogens is 525 g/mol. The number of aryl methyl sites for hydroxylation is 2. The lowest BCUT2D eigenvalue weighted by Crippen LogP contribution is -2.29. The molecule has 0 atom stereocenters. The smallest absolute Gasteiger partial charge is 0.190 e. The quantitative estimate of drug-likeness (QED) is 0.200. The summed E-state index contributed by atoms with van der Waals surface area (Å²) in [5.74, 6) is 1.47. The minimum Gasteiger partial charge on any atom is -0.383 e. The minimum atomic E-state index is 0. The van der Waals surface area contributed by atoms with Gasteiger partial charge in [0, 0.05) is 28.1 Å². The number of aliphatic imine (C=N–C) groups is 2. The Morgan fingerprint density at radius 3 is 2.33 bits per heavy atom. The molecule has 1 saturated heterocycles. The molecule has 0 spiro atoms. The monoisotopic (exact) mass is 556 g/mol.